The van der Waals surface area contributed by atoms with Crippen molar-refractivity contribution < 1.29 is 5.11 Å². The summed E-state index contributed by atoms with van der Waals surface area (Å²) in [6.45, 7) is 0. The molecule has 108 valence electrons. The molecule has 0 atom stereocenters. The molecule has 4 aromatic rings. The van der Waals surface area contributed by atoms with Crippen molar-refractivity contribution in [2.45, 2.75) is 0 Å². The molecule has 0 aliphatic rings. The van der Waals surface area contributed by atoms with Crippen LogP contribution in [-0.2, 0) is 0 Å². The van der Waals surface area contributed by atoms with Gasteiger partial charge in [-0.2, -0.15) is 0 Å². The van der Waals surface area contributed by atoms with Gasteiger partial charge in [0.05, 0.1) is 11.4 Å². The number of phenolic OH excluding ortho intramolecular Hbond substituents is 1. The van der Waals surface area contributed by atoms with Crippen LogP contribution in [0.25, 0.3) is 28.0 Å². The first kappa shape index (κ1) is 13.3. The number of pyridine rings is 1. The minimum absolute atomic E-state index is 0.176. The highest BCUT2D eigenvalue weighted by atomic mass is 35.5. The molecule has 0 amide bonds. The second kappa shape index (κ2) is 5.12. The van der Waals surface area contributed by atoms with E-state index in [1.54, 1.807) is 12.1 Å². The van der Waals surface area contributed by atoms with Crippen molar-refractivity contribution in [1.82, 2.24) is 14.4 Å². The van der Waals surface area contributed by atoms with Gasteiger partial charge in [-0.1, -0.05) is 29.8 Å². The van der Waals surface area contributed by atoms with Crippen molar-refractivity contribution >= 4 is 51.0 Å². The molecule has 4 nitrogen and oxygen atoms in total. The molecule has 6 heteroatoms. The highest BCUT2D eigenvalue weighted by Crippen LogP contribution is 2.25. The van der Waals surface area contributed by atoms with E-state index >= 15 is 0 Å². The number of halogens is 1. The van der Waals surface area contributed by atoms with Crippen LogP contribution < -0.4 is 0 Å². The van der Waals surface area contributed by atoms with E-state index in [-0.39, 0.29) is 5.75 Å². The van der Waals surface area contributed by atoms with Crippen LogP contribution in [0.15, 0.2) is 41.9 Å². The molecule has 0 saturated carbocycles. The van der Waals surface area contributed by atoms with Gasteiger partial charge in [0.1, 0.15) is 11.3 Å². The molecule has 0 spiro atoms. The summed E-state index contributed by atoms with van der Waals surface area (Å²) in [6, 6.07) is 9.18. The van der Waals surface area contributed by atoms with Gasteiger partial charge in [-0.3, -0.25) is 4.40 Å². The third-order valence-electron chi connectivity index (χ3n) is 3.39. The number of rotatable bonds is 2. The van der Waals surface area contributed by atoms with Crippen molar-refractivity contribution in [3.63, 3.8) is 0 Å². The van der Waals surface area contributed by atoms with Crippen LogP contribution in [0.4, 0.5) is 0 Å². The fourth-order valence-corrected chi connectivity index (χ4v) is 3.33. The van der Waals surface area contributed by atoms with Gasteiger partial charge in [-0.25, -0.2) is 9.97 Å². The minimum atomic E-state index is 0.176. The molecule has 0 aliphatic heterocycles. The molecular weight excluding hydrogens is 318 g/mol. The van der Waals surface area contributed by atoms with Gasteiger partial charge >= 0.3 is 0 Å². The van der Waals surface area contributed by atoms with Crippen LogP contribution in [0, 0.1) is 0 Å². The van der Waals surface area contributed by atoms with Crippen LogP contribution >= 0.6 is 22.9 Å². The predicted octanol–water partition coefficient (Wildman–Crippen LogP) is 4.47. The van der Waals surface area contributed by atoms with Crippen LogP contribution in [0.1, 0.15) is 11.4 Å². The second-order valence-electron chi connectivity index (χ2n) is 4.76. The maximum Gasteiger partial charge on any atom is 0.195 e. The van der Waals surface area contributed by atoms with E-state index in [0.717, 1.165) is 21.7 Å². The molecule has 0 aliphatic carbocycles. The Morgan fingerprint density at radius 2 is 2.05 bits per heavy atom. The number of thiazole rings is 1. The molecule has 1 N–H and O–H groups in total. The zero-order valence-electron chi connectivity index (χ0n) is 11.3. The first-order chi connectivity index (χ1) is 10.7. The summed E-state index contributed by atoms with van der Waals surface area (Å²) < 4.78 is 1.93. The van der Waals surface area contributed by atoms with Gasteiger partial charge in [0.25, 0.3) is 0 Å². The normalized spacial score (nSPS) is 11.9. The average Bonchev–Trinajstić information content (AvgIpc) is 3.07. The highest BCUT2D eigenvalue weighted by molar-refractivity contribution is 7.15. The molecule has 0 saturated heterocycles. The quantitative estimate of drug-likeness (QED) is 0.591. The summed E-state index contributed by atoms with van der Waals surface area (Å²) in [7, 11) is 0. The van der Waals surface area contributed by atoms with Gasteiger partial charge in [0, 0.05) is 17.0 Å². The van der Waals surface area contributed by atoms with Gasteiger partial charge in [-0.15, -0.1) is 11.3 Å². The van der Waals surface area contributed by atoms with Crippen molar-refractivity contribution in [2.75, 3.05) is 0 Å². The number of hydrogen-bond acceptors (Lipinski definition) is 4. The van der Waals surface area contributed by atoms with Gasteiger partial charge in [0.15, 0.2) is 10.1 Å². The van der Waals surface area contributed by atoms with Gasteiger partial charge < -0.3 is 5.11 Å². The SMILES string of the molecule is Oc1cccc2ccc(C=Cc3c(Cl)nc4sccn34)nc12. The Labute approximate surface area is 135 Å². The van der Waals surface area contributed by atoms with Gasteiger partial charge in [0.2, 0.25) is 0 Å². The topological polar surface area (TPSA) is 50.4 Å². The minimum Gasteiger partial charge on any atom is -0.506 e. The van der Waals surface area contributed by atoms with Crippen LogP contribution in [0.2, 0.25) is 5.15 Å². The maximum atomic E-state index is 9.89. The zero-order chi connectivity index (χ0) is 15.1. The number of fused-ring (bicyclic) bond motifs is 2. The summed E-state index contributed by atoms with van der Waals surface area (Å²) in [4.78, 5) is 9.60. The van der Waals surface area contributed by atoms with Crippen LogP contribution in [-0.4, -0.2) is 19.5 Å². The molecule has 0 radical (unpaired) electrons. The van der Waals surface area contributed by atoms with Crippen molar-refractivity contribution in [3.05, 3.63) is 58.4 Å². The summed E-state index contributed by atoms with van der Waals surface area (Å²) in [5.74, 6) is 0.176. The Morgan fingerprint density at radius 3 is 2.95 bits per heavy atom. The summed E-state index contributed by atoms with van der Waals surface area (Å²) in [5, 5.41) is 13.2. The third kappa shape index (κ3) is 2.15. The fraction of sp³-hybridized carbons (Fsp3) is 0. The lowest BCUT2D eigenvalue weighted by atomic mass is 10.2. The van der Waals surface area contributed by atoms with Gasteiger partial charge in [-0.05, 0) is 24.3 Å². The number of nitrogens with zero attached hydrogens (tertiary/aromatic N) is 3. The number of imidazole rings is 1. The van der Waals surface area contributed by atoms with Crippen molar-refractivity contribution in [1.29, 1.82) is 0 Å². The second-order valence-corrected chi connectivity index (χ2v) is 5.99. The van der Waals surface area contributed by atoms with Crippen LogP contribution in [0.3, 0.4) is 0 Å². The van der Waals surface area contributed by atoms with E-state index in [1.807, 2.05) is 46.3 Å². The largest absolute Gasteiger partial charge is 0.506 e. The highest BCUT2D eigenvalue weighted by Gasteiger charge is 2.08. The number of aromatic hydroxyl groups is 1. The summed E-state index contributed by atoms with van der Waals surface area (Å²) >= 11 is 7.69. The lowest BCUT2D eigenvalue weighted by Gasteiger charge is -2.01. The summed E-state index contributed by atoms with van der Waals surface area (Å²) in [5.41, 5.74) is 2.15. The Kier molecular flexibility index (Phi) is 3.10. The Balaban J connectivity index is 1.78. The van der Waals surface area contributed by atoms with E-state index in [1.165, 1.54) is 11.3 Å². The predicted molar refractivity (Wildman–Crippen MR) is 90.4 cm³/mol. The third-order valence-corrected chi connectivity index (χ3v) is 4.42. The Morgan fingerprint density at radius 1 is 1.14 bits per heavy atom. The van der Waals surface area contributed by atoms with E-state index in [4.69, 9.17) is 11.6 Å². The fourth-order valence-electron chi connectivity index (χ4n) is 2.33. The molecule has 0 unspecified atom stereocenters. The van der Waals surface area contributed by atoms with E-state index in [0.29, 0.717) is 10.7 Å². The monoisotopic (exact) mass is 327 g/mol. The molecule has 1 aromatic carbocycles. The number of para-hydroxylation sites is 1. The molecule has 3 heterocycles. The van der Waals surface area contributed by atoms with Crippen LogP contribution in [0.5, 0.6) is 5.75 Å². The lowest BCUT2D eigenvalue weighted by molar-refractivity contribution is 0.480. The number of aromatic nitrogens is 3. The molecule has 0 fully saturated rings. The Bertz CT molecular complexity index is 1020. The first-order valence-corrected chi connectivity index (χ1v) is 7.86. The first-order valence-electron chi connectivity index (χ1n) is 6.60. The summed E-state index contributed by atoms with van der Waals surface area (Å²) in [6.07, 6.45) is 5.67. The van der Waals surface area contributed by atoms with E-state index in [2.05, 4.69) is 9.97 Å². The standard InChI is InChI=1S/C16H10ClN3OS/c17-15-12(20-8-9-22-16(20)19-15)7-6-11-5-4-10-2-1-3-13(21)14(10)18-11/h1-9,21H. The Hall–Kier alpha value is -2.37. The number of hydrogen-bond donors (Lipinski definition) is 1. The molecule has 3 aromatic heterocycles. The smallest absolute Gasteiger partial charge is 0.195 e. The molecule has 0 bridgehead atoms. The van der Waals surface area contributed by atoms with E-state index in [9.17, 15) is 5.11 Å². The van der Waals surface area contributed by atoms with Crippen molar-refractivity contribution in [2.24, 2.45) is 0 Å². The average molecular weight is 328 g/mol. The lowest BCUT2D eigenvalue weighted by Crippen LogP contribution is -1.85. The molecule has 22 heavy (non-hydrogen) atoms. The molecule has 4 rings (SSSR count). The zero-order valence-corrected chi connectivity index (χ0v) is 12.8. The van der Waals surface area contributed by atoms with E-state index < -0.39 is 0 Å². The number of benzene rings is 1. The molecular formula is C16H10ClN3OS. The van der Waals surface area contributed by atoms with Crippen molar-refractivity contribution in [3.8, 4) is 5.75 Å². The number of phenols is 1. The maximum absolute atomic E-state index is 9.89.